The molecular formula is C18H21N3O. The third kappa shape index (κ3) is 3.16. The highest BCUT2D eigenvalue weighted by Gasteiger charge is 2.30. The first-order chi connectivity index (χ1) is 10.6. The average Bonchev–Trinajstić information content (AvgIpc) is 2.98. The molecule has 0 spiro atoms. The van der Waals surface area contributed by atoms with Gasteiger partial charge in [0.15, 0.2) is 0 Å². The molecule has 0 saturated carbocycles. The number of aromatic nitrogens is 2. The Morgan fingerprint density at radius 3 is 2.64 bits per heavy atom. The van der Waals surface area contributed by atoms with Crippen LogP contribution < -0.4 is 0 Å². The molecule has 2 heterocycles. The minimum Gasteiger partial charge on any atom is -0.334 e. The van der Waals surface area contributed by atoms with Crippen molar-refractivity contribution in [2.75, 3.05) is 6.54 Å². The molecular weight excluding hydrogens is 274 g/mol. The molecule has 0 N–H and O–H groups in total. The van der Waals surface area contributed by atoms with Gasteiger partial charge in [-0.3, -0.25) is 9.78 Å². The van der Waals surface area contributed by atoms with E-state index in [2.05, 4.69) is 41.2 Å². The van der Waals surface area contributed by atoms with E-state index in [0.717, 1.165) is 31.5 Å². The second-order valence-corrected chi connectivity index (χ2v) is 6.03. The lowest BCUT2D eigenvalue weighted by Gasteiger charge is -2.24. The first-order valence-corrected chi connectivity index (χ1v) is 7.78. The first-order valence-electron chi connectivity index (χ1n) is 7.78. The average molecular weight is 295 g/mol. The van der Waals surface area contributed by atoms with E-state index in [0.29, 0.717) is 5.69 Å². The van der Waals surface area contributed by atoms with Crippen LogP contribution in [0.3, 0.4) is 0 Å². The summed E-state index contributed by atoms with van der Waals surface area (Å²) in [6.07, 6.45) is 6.25. The van der Waals surface area contributed by atoms with Gasteiger partial charge in [-0.15, -0.1) is 0 Å². The maximum Gasteiger partial charge on any atom is 0.274 e. The van der Waals surface area contributed by atoms with Crippen molar-refractivity contribution in [1.82, 2.24) is 14.9 Å². The van der Waals surface area contributed by atoms with E-state index in [9.17, 15) is 4.79 Å². The van der Waals surface area contributed by atoms with Crippen LogP contribution in [0.2, 0.25) is 0 Å². The highest BCUT2D eigenvalue weighted by Crippen LogP contribution is 2.23. The smallest absolute Gasteiger partial charge is 0.274 e. The maximum atomic E-state index is 12.6. The van der Waals surface area contributed by atoms with E-state index < -0.39 is 0 Å². The van der Waals surface area contributed by atoms with Gasteiger partial charge in [0.1, 0.15) is 5.69 Å². The second kappa shape index (κ2) is 6.26. The molecule has 1 saturated heterocycles. The topological polar surface area (TPSA) is 46.1 Å². The number of rotatable bonds is 3. The summed E-state index contributed by atoms with van der Waals surface area (Å²) in [4.78, 5) is 23.0. The van der Waals surface area contributed by atoms with Crippen LogP contribution in [0.4, 0.5) is 0 Å². The lowest BCUT2D eigenvalue weighted by Crippen LogP contribution is -2.37. The van der Waals surface area contributed by atoms with Crippen molar-refractivity contribution in [2.45, 2.75) is 39.2 Å². The van der Waals surface area contributed by atoms with Gasteiger partial charge >= 0.3 is 0 Å². The van der Waals surface area contributed by atoms with Crippen molar-refractivity contribution in [3.8, 4) is 0 Å². The number of carbonyl (C=O) groups is 1. The predicted octanol–water partition coefficient (Wildman–Crippen LogP) is 2.94. The van der Waals surface area contributed by atoms with Gasteiger partial charge in [-0.1, -0.05) is 29.8 Å². The number of hydrogen-bond donors (Lipinski definition) is 0. The minimum absolute atomic E-state index is 0.00196. The fourth-order valence-corrected chi connectivity index (χ4v) is 2.96. The second-order valence-electron chi connectivity index (χ2n) is 6.03. The zero-order valence-corrected chi connectivity index (χ0v) is 13.1. The zero-order valence-electron chi connectivity index (χ0n) is 13.1. The van der Waals surface area contributed by atoms with Gasteiger partial charge in [-0.05, 0) is 38.7 Å². The quantitative estimate of drug-likeness (QED) is 0.874. The van der Waals surface area contributed by atoms with Crippen LogP contribution in [0.5, 0.6) is 0 Å². The molecule has 0 bridgehead atoms. The van der Waals surface area contributed by atoms with Crippen LogP contribution in [0.15, 0.2) is 36.7 Å². The molecule has 1 unspecified atom stereocenters. The Kier molecular flexibility index (Phi) is 4.18. The highest BCUT2D eigenvalue weighted by molar-refractivity contribution is 5.92. The summed E-state index contributed by atoms with van der Waals surface area (Å²) < 4.78 is 0. The Labute approximate surface area is 131 Å². The van der Waals surface area contributed by atoms with Crippen LogP contribution >= 0.6 is 0 Å². The number of hydrogen-bond acceptors (Lipinski definition) is 3. The summed E-state index contributed by atoms with van der Waals surface area (Å²) in [5.41, 5.74) is 3.82. The van der Waals surface area contributed by atoms with Gasteiger partial charge in [0.25, 0.3) is 5.91 Å². The minimum atomic E-state index is 0.00196. The van der Waals surface area contributed by atoms with Crippen molar-refractivity contribution in [1.29, 1.82) is 0 Å². The molecule has 1 amide bonds. The SMILES string of the molecule is Cc1ccc(CC2CCCN2C(=O)c2cnc(C)cn2)cc1. The van der Waals surface area contributed by atoms with Crippen molar-refractivity contribution < 1.29 is 4.79 Å². The number of nitrogens with zero attached hydrogens (tertiary/aromatic N) is 3. The molecule has 1 aromatic carbocycles. The zero-order chi connectivity index (χ0) is 15.5. The highest BCUT2D eigenvalue weighted by atomic mass is 16.2. The van der Waals surface area contributed by atoms with Gasteiger partial charge < -0.3 is 4.90 Å². The third-order valence-electron chi connectivity index (χ3n) is 4.23. The van der Waals surface area contributed by atoms with Crippen molar-refractivity contribution >= 4 is 5.91 Å². The molecule has 4 nitrogen and oxygen atoms in total. The fourth-order valence-electron chi connectivity index (χ4n) is 2.96. The molecule has 0 aliphatic carbocycles. The molecule has 1 aromatic heterocycles. The van der Waals surface area contributed by atoms with Crippen LogP contribution in [-0.2, 0) is 6.42 Å². The molecule has 1 atom stereocenters. The largest absolute Gasteiger partial charge is 0.334 e. The maximum absolute atomic E-state index is 12.6. The lowest BCUT2D eigenvalue weighted by molar-refractivity contribution is 0.0730. The van der Waals surface area contributed by atoms with E-state index in [-0.39, 0.29) is 11.9 Å². The van der Waals surface area contributed by atoms with Gasteiger partial charge in [0.05, 0.1) is 11.9 Å². The molecule has 0 radical (unpaired) electrons. The van der Waals surface area contributed by atoms with Crippen molar-refractivity contribution in [3.63, 3.8) is 0 Å². The van der Waals surface area contributed by atoms with Crippen LogP contribution in [0.1, 0.15) is 40.2 Å². The van der Waals surface area contributed by atoms with E-state index in [1.807, 2.05) is 11.8 Å². The summed E-state index contributed by atoms with van der Waals surface area (Å²) >= 11 is 0. The Bertz CT molecular complexity index is 649. The Hall–Kier alpha value is -2.23. The lowest BCUT2D eigenvalue weighted by atomic mass is 10.0. The van der Waals surface area contributed by atoms with Gasteiger partial charge in [-0.2, -0.15) is 0 Å². The summed E-state index contributed by atoms with van der Waals surface area (Å²) in [6.45, 7) is 4.77. The molecule has 4 heteroatoms. The van der Waals surface area contributed by atoms with E-state index >= 15 is 0 Å². The summed E-state index contributed by atoms with van der Waals surface area (Å²) in [6, 6.07) is 8.83. The molecule has 22 heavy (non-hydrogen) atoms. The Balaban J connectivity index is 1.73. The Morgan fingerprint density at radius 2 is 1.95 bits per heavy atom. The van der Waals surface area contributed by atoms with E-state index in [4.69, 9.17) is 0 Å². The van der Waals surface area contributed by atoms with Crippen LogP contribution in [0.25, 0.3) is 0 Å². The molecule has 1 aliphatic heterocycles. The number of amides is 1. The molecule has 1 fully saturated rings. The summed E-state index contributed by atoms with van der Waals surface area (Å²) in [5.74, 6) is 0.00196. The standard InChI is InChI=1S/C18H21N3O/c1-13-5-7-15(8-6-13)10-16-4-3-9-21(16)18(22)17-12-19-14(2)11-20-17/h5-8,11-12,16H,3-4,9-10H2,1-2H3. The number of aryl methyl sites for hydroxylation is 2. The Morgan fingerprint density at radius 1 is 1.18 bits per heavy atom. The van der Waals surface area contributed by atoms with Crippen LogP contribution in [0, 0.1) is 13.8 Å². The predicted molar refractivity (Wildman–Crippen MR) is 85.7 cm³/mol. The monoisotopic (exact) mass is 295 g/mol. The number of carbonyl (C=O) groups excluding carboxylic acids is 1. The first kappa shape index (κ1) is 14.7. The normalized spacial score (nSPS) is 17.7. The summed E-state index contributed by atoms with van der Waals surface area (Å²) in [7, 11) is 0. The molecule has 1 aliphatic rings. The van der Waals surface area contributed by atoms with Gasteiger partial charge in [0.2, 0.25) is 0 Å². The summed E-state index contributed by atoms with van der Waals surface area (Å²) in [5, 5.41) is 0. The van der Waals surface area contributed by atoms with Crippen LogP contribution in [-0.4, -0.2) is 33.4 Å². The van der Waals surface area contributed by atoms with E-state index in [1.54, 1.807) is 12.4 Å². The number of benzene rings is 1. The van der Waals surface area contributed by atoms with E-state index in [1.165, 1.54) is 11.1 Å². The van der Waals surface area contributed by atoms with Gasteiger partial charge in [-0.25, -0.2) is 4.98 Å². The van der Waals surface area contributed by atoms with Crippen molar-refractivity contribution in [2.24, 2.45) is 0 Å². The molecule has 2 aromatic rings. The molecule has 3 rings (SSSR count). The fraction of sp³-hybridized carbons (Fsp3) is 0.389. The number of likely N-dealkylation sites (tertiary alicyclic amines) is 1. The van der Waals surface area contributed by atoms with Gasteiger partial charge in [0, 0.05) is 18.8 Å². The molecule has 114 valence electrons. The van der Waals surface area contributed by atoms with Crippen molar-refractivity contribution in [3.05, 3.63) is 59.2 Å². The third-order valence-corrected chi connectivity index (χ3v) is 4.23.